The zero-order valence-corrected chi connectivity index (χ0v) is 21.1. The Kier molecular flexibility index (Phi) is 11.0. The largest absolute Gasteiger partial charge is 0.403 e. The average Bonchev–Trinajstić information content (AvgIpc) is 2.78. The highest BCUT2D eigenvalue weighted by Crippen LogP contribution is 2.25. The third-order valence-corrected chi connectivity index (χ3v) is 5.94. The van der Waals surface area contributed by atoms with Crippen LogP contribution in [0.1, 0.15) is 30.9 Å². The van der Waals surface area contributed by atoms with Crippen molar-refractivity contribution in [2.45, 2.75) is 51.2 Å². The first-order valence-electron chi connectivity index (χ1n) is 10.9. The van der Waals surface area contributed by atoms with Crippen LogP contribution in [0.5, 0.6) is 0 Å². The third-order valence-electron chi connectivity index (χ3n) is 5.94. The van der Waals surface area contributed by atoms with Gasteiger partial charge in [-0.05, 0) is 30.9 Å². The molecule has 1 aromatic carbocycles. The van der Waals surface area contributed by atoms with Crippen LogP contribution in [0.2, 0.25) is 0 Å². The molecule has 3 rings (SSSR count). The van der Waals surface area contributed by atoms with E-state index in [1.54, 1.807) is 7.05 Å². The number of benzene rings is 1. The van der Waals surface area contributed by atoms with E-state index in [2.05, 4.69) is 22.4 Å². The van der Waals surface area contributed by atoms with E-state index < -0.39 is 12.2 Å². The highest BCUT2D eigenvalue weighted by atomic mass is 127. The van der Waals surface area contributed by atoms with Crippen LogP contribution >= 0.6 is 24.0 Å². The molecule has 0 aromatic heterocycles. The summed E-state index contributed by atoms with van der Waals surface area (Å²) in [6, 6.07) is 6.80. The van der Waals surface area contributed by atoms with Crippen molar-refractivity contribution in [1.29, 1.82) is 0 Å². The molecule has 0 radical (unpaired) electrons. The number of hydrogen-bond acceptors (Lipinski definition) is 4. The van der Waals surface area contributed by atoms with Crippen molar-refractivity contribution in [2.24, 2.45) is 4.99 Å². The molecule has 1 N–H and O–H groups in total. The number of nitrogens with zero attached hydrogens (tertiary/aromatic N) is 3. The van der Waals surface area contributed by atoms with E-state index in [0.717, 1.165) is 37.2 Å². The Morgan fingerprint density at radius 3 is 2.47 bits per heavy atom. The Morgan fingerprint density at radius 2 is 1.84 bits per heavy atom. The summed E-state index contributed by atoms with van der Waals surface area (Å²) in [7, 11) is 1.70. The fraction of sp³-hybridized carbons (Fsp3) is 0.682. The lowest BCUT2D eigenvalue weighted by atomic mass is 10.1. The number of aliphatic imine (C=N–C) groups is 1. The SMILES string of the molecule is CN=C(NCc1cccc(COC2CCOCC2)c1)N1CCN(C(C)C(F)(F)F)CC1.I. The van der Waals surface area contributed by atoms with Gasteiger partial charge in [0.25, 0.3) is 0 Å². The molecule has 1 unspecified atom stereocenters. The lowest BCUT2D eigenvalue weighted by Crippen LogP contribution is -2.56. The van der Waals surface area contributed by atoms with Gasteiger partial charge in [-0.2, -0.15) is 13.2 Å². The van der Waals surface area contributed by atoms with E-state index in [4.69, 9.17) is 9.47 Å². The fourth-order valence-electron chi connectivity index (χ4n) is 3.93. The molecule has 10 heteroatoms. The Hall–Kier alpha value is -1.11. The van der Waals surface area contributed by atoms with Gasteiger partial charge in [0.05, 0.1) is 12.7 Å². The van der Waals surface area contributed by atoms with Crippen molar-refractivity contribution in [3.05, 3.63) is 35.4 Å². The second-order valence-electron chi connectivity index (χ2n) is 8.08. The van der Waals surface area contributed by atoms with E-state index >= 15 is 0 Å². The van der Waals surface area contributed by atoms with Gasteiger partial charge in [-0.3, -0.25) is 9.89 Å². The summed E-state index contributed by atoms with van der Waals surface area (Å²) in [6.07, 6.45) is -2.06. The molecule has 2 fully saturated rings. The summed E-state index contributed by atoms with van der Waals surface area (Å²) >= 11 is 0. The Balaban J connectivity index is 0.00000363. The molecule has 32 heavy (non-hydrogen) atoms. The van der Waals surface area contributed by atoms with Crippen LogP contribution in [0, 0.1) is 0 Å². The average molecular weight is 570 g/mol. The zero-order chi connectivity index (χ0) is 22.3. The summed E-state index contributed by atoms with van der Waals surface area (Å²) in [5, 5.41) is 3.34. The maximum atomic E-state index is 13.0. The Morgan fingerprint density at radius 1 is 1.19 bits per heavy atom. The minimum atomic E-state index is -4.19. The molecule has 0 amide bonds. The molecule has 182 valence electrons. The van der Waals surface area contributed by atoms with E-state index in [9.17, 15) is 13.2 Å². The zero-order valence-electron chi connectivity index (χ0n) is 18.7. The van der Waals surface area contributed by atoms with Crippen LogP contribution in [-0.2, 0) is 22.6 Å². The smallest absolute Gasteiger partial charge is 0.381 e. The molecule has 6 nitrogen and oxygen atoms in total. The summed E-state index contributed by atoms with van der Waals surface area (Å²) in [4.78, 5) is 7.81. The summed E-state index contributed by atoms with van der Waals surface area (Å²) in [5.74, 6) is 0.711. The Labute approximate surface area is 205 Å². The maximum absolute atomic E-state index is 13.0. The molecule has 2 heterocycles. The fourth-order valence-corrected chi connectivity index (χ4v) is 3.93. The van der Waals surface area contributed by atoms with Crippen LogP contribution < -0.4 is 5.32 Å². The number of nitrogens with one attached hydrogen (secondary N) is 1. The van der Waals surface area contributed by atoms with Gasteiger partial charge in [-0.25, -0.2) is 0 Å². The molecule has 2 aliphatic rings. The standard InChI is InChI=1S/C22H33F3N4O2.HI/c1-17(22(23,24)25)28-8-10-29(11-9-28)21(26-2)27-15-18-4-3-5-19(14-18)16-31-20-6-12-30-13-7-20;/h3-5,14,17,20H,6-13,15-16H2,1-2H3,(H,26,27);1H. The third kappa shape index (κ3) is 8.03. The minimum Gasteiger partial charge on any atom is -0.381 e. The lowest BCUT2D eigenvalue weighted by Gasteiger charge is -2.39. The minimum absolute atomic E-state index is 0. The maximum Gasteiger partial charge on any atom is 0.403 e. The van der Waals surface area contributed by atoms with Gasteiger partial charge in [0.2, 0.25) is 0 Å². The van der Waals surface area contributed by atoms with Gasteiger partial charge >= 0.3 is 6.18 Å². The molecule has 2 saturated heterocycles. The number of alkyl halides is 3. The van der Waals surface area contributed by atoms with Crippen molar-refractivity contribution in [3.63, 3.8) is 0 Å². The summed E-state index contributed by atoms with van der Waals surface area (Å²) in [5.41, 5.74) is 2.23. The van der Waals surface area contributed by atoms with Gasteiger partial charge in [0.1, 0.15) is 6.04 Å². The van der Waals surface area contributed by atoms with E-state index in [-0.39, 0.29) is 30.1 Å². The summed E-state index contributed by atoms with van der Waals surface area (Å²) in [6.45, 7) is 5.66. The van der Waals surface area contributed by atoms with Crippen LogP contribution in [0.3, 0.4) is 0 Å². The van der Waals surface area contributed by atoms with Crippen molar-refractivity contribution in [2.75, 3.05) is 46.4 Å². The predicted octanol–water partition coefficient (Wildman–Crippen LogP) is 3.64. The number of rotatable bonds is 6. The molecule has 2 aliphatic heterocycles. The van der Waals surface area contributed by atoms with Crippen LogP contribution in [-0.4, -0.2) is 80.5 Å². The molecule has 1 atom stereocenters. The van der Waals surface area contributed by atoms with Gasteiger partial charge in [-0.15, -0.1) is 24.0 Å². The summed E-state index contributed by atoms with van der Waals surface area (Å²) < 4.78 is 50.2. The van der Waals surface area contributed by atoms with Gasteiger partial charge in [0.15, 0.2) is 5.96 Å². The number of hydrogen-bond donors (Lipinski definition) is 1. The van der Waals surface area contributed by atoms with Crippen molar-refractivity contribution >= 4 is 29.9 Å². The van der Waals surface area contributed by atoms with Crippen LogP contribution in [0.4, 0.5) is 13.2 Å². The monoisotopic (exact) mass is 570 g/mol. The number of ether oxygens (including phenoxy) is 2. The highest BCUT2D eigenvalue weighted by molar-refractivity contribution is 14.0. The topological polar surface area (TPSA) is 49.3 Å². The molecular weight excluding hydrogens is 536 g/mol. The molecule has 0 saturated carbocycles. The number of piperazine rings is 1. The van der Waals surface area contributed by atoms with Crippen LogP contribution in [0.15, 0.2) is 29.3 Å². The second kappa shape index (κ2) is 13.0. The molecule has 1 aromatic rings. The Bertz CT molecular complexity index is 721. The number of guanidine groups is 1. The first-order valence-corrected chi connectivity index (χ1v) is 10.9. The van der Waals surface area contributed by atoms with E-state index in [1.165, 1.54) is 11.8 Å². The first kappa shape index (κ1) is 27.1. The molecule has 0 spiro atoms. The quantitative estimate of drug-likeness (QED) is 0.322. The van der Waals surface area contributed by atoms with Crippen molar-refractivity contribution in [3.8, 4) is 0 Å². The number of halogens is 4. The van der Waals surface area contributed by atoms with Crippen LogP contribution in [0.25, 0.3) is 0 Å². The molecule has 0 aliphatic carbocycles. The predicted molar refractivity (Wildman–Crippen MR) is 129 cm³/mol. The van der Waals surface area contributed by atoms with Gasteiger partial charge < -0.3 is 19.7 Å². The van der Waals surface area contributed by atoms with Gasteiger partial charge in [0, 0.05) is 53.0 Å². The molecule has 0 bridgehead atoms. The molecular formula is C22H34F3IN4O2. The highest BCUT2D eigenvalue weighted by Gasteiger charge is 2.41. The second-order valence-corrected chi connectivity index (χ2v) is 8.08. The van der Waals surface area contributed by atoms with Crippen molar-refractivity contribution in [1.82, 2.24) is 15.1 Å². The normalized spacial score (nSPS) is 20.0. The lowest BCUT2D eigenvalue weighted by molar-refractivity contribution is -0.181. The van der Waals surface area contributed by atoms with Crippen molar-refractivity contribution < 1.29 is 22.6 Å². The van der Waals surface area contributed by atoms with E-state index in [0.29, 0.717) is 45.3 Å². The van der Waals surface area contributed by atoms with E-state index in [1.807, 2.05) is 17.0 Å². The first-order chi connectivity index (χ1) is 14.9. The van der Waals surface area contributed by atoms with Gasteiger partial charge in [-0.1, -0.05) is 24.3 Å².